The fraction of sp³-hybridized carbons (Fsp3) is 0.450. The van der Waals surface area contributed by atoms with E-state index in [0.29, 0.717) is 18.9 Å². The second-order valence-electron chi connectivity index (χ2n) is 6.66. The van der Waals surface area contributed by atoms with Gasteiger partial charge in [-0.1, -0.05) is 0 Å². The summed E-state index contributed by atoms with van der Waals surface area (Å²) >= 11 is 0. The molecular formula is C20H26FIN4O3. The topological polar surface area (TPSA) is 80.0 Å². The van der Waals surface area contributed by atoms with Crippen LogP contribution in [0.15, 0.2) is 39.9 Å². The molecule has 2 aromatic rings. The number of ether oxygens (including phenoxy) is 1. The van der Waals surface area contributed by atoms with E-state index in [1.165, 1.54) is 19.2 Å². The maximum Gasteiger partial charge on any atom is 0.308 e. The number of piperidine rings is 1. The van der Waals surface area contributed by atoms with Crippen LogP contribution in [0.1, 0.15) is 18.5 Å². The smallest absolute Gasteiger partial charge is 0.308 e. The summed E-state index contributed by atoms with van der Waals surface area (Å²) in [7, 11) is 3.18. The molecule has 0 atom stereocenters. The van der Waals surface area contributed by atoms with Gasteiger partial charge in [-0.3, -0.25) is 9.79 Å². The van der Waals surface area contributed by atoms with Crippen LogP contribution in [0, 0.1) is 11.7 Å². The second-order valence-corrected chi connectivity index (χ2v) is 6.66. The number of aromatic nitrogens is 1. The Bertz CT molecular complexity index is 817. The molecule has 0 radical (unpaired) electrons. The lowest BCUT2D eigenvalue weighted by Gasteiger charge is -2.33. The maximum atomic E-state index is 13.0. The standard InChI is InChI=1S/C20H25FN4O3.HI/c1-22-20(25-11-8-15(9-12-25)19(26)27-2)23-10-7-17-13-28-18(24-17)14-3-5-16(21)6-4-14;/h3-6,13,15H,7-12H2,1-2H3,(H,22,23);1H. The molecule has 29 heavy (non-hydrogen) atoms. The summed E-state index contributed by atoms with van der Waals surface area (Å²) in [6, 6.07) is 6.05. The van der Waals surface area contributed by atoms with E-state index in [0.717, 1.165) is 43.1 Å². The SMILES string of the molecule is CN=C(NCCc1coc(-c2ccc(F)cc2)n1)N1CCC(C(=O)OC)CC1.I. The van der Waals surface area contributed by atoms with Crippen molar-refractivity contribution in [3.05, 3.63) is 42.0 Å². The quantitative estimate of drug-likeness (QED) is 0.285. The zero-order valence-electron chi connectivity index (χ0n) is 16.6. The van der Waals surface area contributed by atoms with Gasteiger partial charge in [0.15, 0.2) is 5.96 Å². The first-order valence-electron chi connectivity index (χ1n) is 9.34. The number of rotatable bonds is 5. The molecule has 9 heteroatoms. The lowest BCUT2D eigenvalue weighted by Crippen LogP contribution is -2.47. The molecule has 0 saturated carbocycles. The van der Waals surface area contributed by atoms with Crippen LogP contribution in [-0.2, 0) is 16.0 Å². The first-order valence-corrected chi connectivity index (χ1v) is 9.34. The monoisotopic (exact) mass is 516 g/mol. The minimum Gasteiger partial charge on any atom is -0.469 e. The second kappa shape index (κ2) is 11.1. The fourth-order valence-electron chi connectivity index (χ4n) is 3.28. The molecule has 0 bridgehead atoms. The van der Waals surface area contributed by atoms with Crippen LogP contribution in [-0.4, -0.2) is 55.6 Å². The third kappa shape index (κ3) is 6.15. The van der Waals surface area contributed by atoms with Crippen LogP contribution in [0.2, 0.25) is 0 Å². The Labute approximate surface area is 186 Å². The van der Waals surface area contributed by atoms with Gasteiger partial charge in [0, 0.05) is 38.7 Å². The van der Waals surface area contributed by atoms with Crippen LogP contribution in [0.5, 0.6) is 0 Å². The van der Waals surface area contributed by atoms with E-state index in [2.05, 4.69) is 20.2 Å². The molecule has 0 amide bonds. The van der Waals surface area contributed by atoms with Gasteiger partial charge in [0.1, 0.15) is 12.1 Å². The van der Waals surface area contributed by atoms with Crippen LogP contribution in [0.25, 0.3) is 11.5 Å². The Hall–Kier alpha value is -2.17. The molecule has 1 fully saturated rings. The van der Waals surface area contributed by atoms with Crippen LogP contribution >= 0.6 is 24.0 Å². The largest absolute Gasteiger partial charge is 0.469 e. The predicted octanol–water partition coefficient (Wildman–Crippen LogP) is 3.10. The number of hydrogen-bond donors (Lipinski definition) is 1. The van der Waals surface area contributed by atoms with Crippen molar-refractivity contribution in [3.8, 4) is 11.5 Å². The van der Waals surface area contributed by atoms with Crippen LogP contribution in [0.4, 0.5) is 4.39 Å². The average Bonchev–Trinajstić information content (AvgIpc) is 3.20. The van der Waals surface area contributed by atoms with Gasteiger partial charge in [0.05, 0.1) is 18.7 Å². The van der Waals surface area contributed by atoms with Crippen molar-refractivity contribution in [2.24, 2.45) is 10.9 Å². The molecule has 0 unspecified atom stereocenters. The Morgan fingerprint density at radius 2 is 2.03 bits per heavy atom. The Morgan fingerprint density at radius 1 is 1.34 bits per heavy atom. The number of hydrogen-bond acceptors (Lipinski definition) is 5. The fourth-order valence-corrected chi connectivity index (χ4v) is 3.28. The molecule has 3 rings (SSSR count). The van der Waals surface area contributed by atoms with E-state index in [9.17, 15) is 9.18 Å². The minimum absolute atomic E-state index is 0. The first-order chi connectivity index (χ1) is 13.6. The summed E-state index contributed by atoms with van der Waals surface area (Å²) in [5, 5.41) is 3.33. The van der Waals surface area contributed by atoms with E-state index in [-0.39, 0.29) is 41.7 Å². The van der Waals surface area contributed by atoms with Gasteiger partial charge in [-0.25, -0.2) is 9.37 Å². The molecule has 2 heterocycles. The number of nitrogens with one attached hydrogen (secondary N) is 1. The Kier molecular flexibility index (Phi) is 8.87. The first kappa shape index (κ1) is 23.1. The summed E-state index contributed by atoms with van der Waals surface area (Å²) < 4.78 is 23.3. The molecule has 1 N–H and O–H groups in total. The van der Waals surface area contributed by atoms with E-state index in [1.807, 2.05) is 0 Å². The van der Waals surface area contributed by atoms with Gasteiger partial charge < -0.3 is 19.4 Å². The number of oxazole rings is 1. The number of guanidine groups is 1. The van der Waals surface area contributed by atoms with Gasteiger partial charge in [-0.15, -0.1) is 24.0 Å². The number of esters is 1. The number of carbonyl (C=O) groups is 1. The molecule has 1 aromatic heterocycles. The van der Waals surface area contributed by atoms with Crippen LogP contribution < -0.4 is 5.32 Å². The van der Waals surface area contributed by atoms with Gasteiger partial charge in [-0.05, 0) is 37.1 Å². The zero-order chi connectivity index (χ0) is 19.9. The predicted molar refractivity (Wildman–Crippen MR) is 119 cm³/mol. The van der Waals surface area contributed by atoms with Gasteiger partial charge in [0.25, 0.3) is 0 Å². The lowest BCUT2D eigenvalue weighted by atomic mass is 9.97. The number of methoxy groups -OCH3 is 1. The van der Waals surface area contributed by atoms with Crippen molar-refractivity contribution in [2.75, 3.05) is 33.8 Å². The summed E-state index contributed by atoms with van der Waals surface area (Å²) in [6.07, 6.45) is 3.81. The summed E-state index contributed by atoms with van der Waals surface area (Å²) in [4.78, 5) is 22.6. The number of benzene rings is 1. The lowest BCUT2D eigenvalue weighted by molar-refractivity contribution is -0.146. The number of halogens is 2. The van der Waals surface area contributed by atoms with E-state index in [4.69, 9.17) is 9.15 Å². The van der Waals surface area contributed by atoms with Gasteiger partial charge >= 0.3 is 5.97 Å². The molecular weight excluding hydrogens is 490 g/mol. The highest BCUT2D eigenvalue weighted by molar-refractivity contribution is 14.0. The Balaban J connectivity index is 0.00000300. The highest BCUT2D eigenvalue weighted by Gasteiger charge is 2.26. The molecule has 0 spiro atoms. The summed E-state index contributed by atoms with van der Waals surface area (Å²) in [5.74, 6) is 0.835. The van der Waals surface area contributed by atoms with Crippen molar-refractivity contribution >= 4 is 35.9 Å². The third-order valence-electron chi connectivity index (χ3n) is 4.85. The maximum absolute atomic E-state index is 13.0. The number of carbonyl (C=O) groups excluding carboxylic acids is 1. The van der Waals surface area contributed by atoms with Crippen molar-refractivity contribution in [3.63, 3.8) is 0 Å². The molecule has 1 aliphatic heterocycles. The Morgan fingerprint density at radius 3 is 2.66 bits per heavy atom. The molecule has 1 aliphatic rings. The molecule has 1 saturated heterocycles. The van der Waals surface area contributed by atoms with Gasteiger partial charge in [-0.2, -0.15) is 0 Å². The summed E-state index contributed by atoms with van der Waals surface area (Å²) in [5.41, 5.74) is 1.55. The third-order valence-corrected chi connectivity index (χ3v) is 4.85. The zero-order valence-corrected chi connectivity index (χ0v) is 18.9. The normalized spacial score (nSPS) is 15.0. The van der Waals surface area contributed by atoms with E-state index in [1.54, 1.807) is 25.4 Å². The van der Waals surface area contributed by atoms with E-state index >= 15 is 0 Å². The van der Waals surface area contributed by atoms with Crippen molar-refractivity contribution in [2.45, 2.75) is 19.3 Å². The average molecular weight is 516 g/mol. The minimum atomic E-state index is -0.290. The molecule has 158 valence electrons. The molecule has 1 aromatic carbocycles. The van der Waals surface area contributed by atoms with Crippen molar-refractivity contribution in [1.82, 2.24) is 15.2 Å². The van der Waals surface area contributed by atoms with E-state index < -0.39 is 0 Å². The van der Waals surface area contributed by atoms with Crippen LogP contribution in [0.3, 0.4) is 0 Å². The van der Waals surface area contributed by atoms with Gasteiger partial charge in [0.2, 0.25) is 5.89 Å². The molecule has 7 nitrogen and oxygen atoms in total. The highest BCUT2D eigenvalue weighted by Crippen LogP contribution is 2.20. The summed E-state index contributed by atoms with van der Waals surface area (Å²) in [6.45, 7) is 2.18. The van der Waals surface area contributed by atoms with Crippen molar-refractivity contribution in [1.29, 1.82) is 0 Å². The van der Waals surface area contributed by atoms with Crippen molar-refractivity contribution < 1.29 is 18.3 Å². The number of nitrogens with zero attached hydrogens (tertiary/aromatic N) is 3. The number of likely N-dealkylation sites (tertiary alicyclic amines) is 1. The molecule has 0 aliphatic carbocycles. The number of aliphatic imine (C=N–C) groups is 1. The highest BCUT2D eigenvalue weighted by atomic mass is 127.